The largest absolute Gasteiger partial charge is 0.456 e. The normalized spacial score (nSPS) is 10.8. The van der Waals surface area contributed by atoms with Gasteiger partial charge in [0.05, 0.1) is 22.2 Å². The molecule has 146 valence electrons. The lowest BCUT2D eigenvalue weighted by Gasteiger charge is -2.23. The Kier molecular flexibility index (Phi) is 6.23. The van der Waals surface area contributed by atoms with Gasteiger partial charge >= 0.3 is 0 Å². The van der Waals surface area contributed by atoms with Crippen LogP contribution in [0.5, 0.6) is 11.5 Å². The molecule has 0 amide bonds. The molecule has 0 aliphatic carbocycles. The van der Waals surface area contributed by atoms with Gasteiger partial charge in [-0.1, -0.05) is 41.9 Å². The summed E-state index contributed by atoms with van der Waals surface area (Å²) in [6.07, 6.45) is 1.53. The van der Waals surface area contributed by atoms with Gasteiger partial charge in [-0.3, -0.25) is 4.31 Å². The second-order valence-corrected chi connectivity index (χ2v) is 8.23. The number of nitrogens with zero attached hydrogens (tertiary/aromatic N) is 2. The van der Waals surface area contributed by atoms with Crippen LogP contribution in [0.2, 0.25) is 5.02 Å². The Labute approximate surface area is 175 Å². The molecule has 5 nitrogen and oxygen atoms in total. The first-order valence-corrected chi connectivity index (χ1v) is 10.4. The van der Waals surface area contributed by atoms with Crippen molar-refractivity contribution in [2.45, 2.75) is 4.90 Å². The maximum atomic E-state index is 13.1. The van der Waals surface area contributed by atoms with E-state index in [1.165, 1.54) is 34.6 Å². The van der Waals surface area contributed by atoms with Crippen molar-refractivity contribution in [3.05, 3.63) is 96.0 Å². The zero-order valence-electron chi connectivity index (χ0n) is 15.3. The van der Waals surface area contributed by atoms with E-state index in [1.807, 2.05) is 12.1 Å². The van der Waals surface area contributed by atoms with Gasteiger partial charge in [-0.15, -0.1) is 6.58 Å². The molecule has 0 aromatic heterocycles. The number of ether oxygens (including phenoxy) is 1. The van der Waals surface area contributed by atoms with Gasteiger partial charge in [0, 0.05) is 0 Å². The van der Waals surface area contributed by atoms with Crippen molar-refractivity contribution in [1.82, 2.24) is 0 Å². The Morgan fingerprint density at radius 1 is 1.03 bits per heavy atom. The van der Waals surface area contributed by atoms with Gasteiger partial charge in [0.2, 0.25) is 0 Å². The highest BCUT2D eigenvalue weighted by Crippen LogP contribution is 2.31. The van der Waals surface area contributed by atoms with Crippen LogP contribution in [0.4, 0.5) is 5.69 Å². The summed E-state index contributed by atoms with van der Waals surface area (Å²) in [5.74, 6) is 0.686. The van der Waals surface area contributed by atoms with Gasteiger partial charge in [-0.25, -0.2) is 8.42 Å². The molecule has 0 aliphatic heterocycles. The molecule has 7 heteroatoms. The van der Waals surface area contributed by atoms with E-state index in [2.05, 4.69) is 6.58 Å². The fourth-order valence-electron chi connectivity index (χ4n) is 2.69. The quantitative estimate of drug-likeness (QED) is 0.477. The van der Waals surface area contributed by atoms with E-state index in [9.17, 15) is 13.7 Å². The van der Waals surface area contributed by atoms with Gasteiger partial charge in [-0.05, 0) is 48.5 Å². The smallest absolute Gasteiger partial charge is 0.264 e. The van der Waals surface area contributed by atoms with Gasteiger partial charge < -0.3 is 4.74 Å². The maximum absolute atomic E-state index is 13.1. The third kappa shape index (κ3) is 4.43. The first-order chi connectivity index (χ1) is 14.0. The summed E-state index contributed by atoms with van der Waals surface area (Å²) < 4.78 is 33.2. The molecular weight excluding hydrogens is 408 g/mol. The van der Waals surface area contributed by atoms with Crippen molar-refractivity contribution in [3.63, 3.8) is 0 Å². The standard InChI is InChI=1S/C22H17ClN2O3S/c1-2-15-25(17-7-4-3-5-8-17)29(26,27)19-13-11-18(12-14-19)28-22-10-6-9-21(23)20(22)16-24/h2-14H,1,15H2. The number of halogens is 1. The molecule has 29 heavy (non-hydrogen) atoms. The van der Waals surface area contributed by atoms with E-state index in [-0.39, 0.29) is 22.0 Å². The van der Waals surface area contributed by atoms with Crippen molar-refractivity contribution in [2.24, 2.45) is 0 Å². The summed E-state index contributed by atoms with van der Waals surface area (Å²) in [5, 5.41) is 9.52. The average molecular weight is 425 g/mol. The Morgan fingerprint density at radius 3 is 2.34 bits per heavy atom. The second kappa shape index (κ2) is 8.82. The van der Waals surface area contributed by atoms with E-state index in [0.29, 0.717) is 17.2 Å². The molecule has 3 aromatic carbocycles. The number of benzene rings is 3. The molecule has 0 heterocycles. The van der Waals surface area contributed by atoms with Gasteiger partial charge in [-0.2, -0.15) is 5.26 Å². The van der Waals surface area contributed by atoms with Crippen LogP contribution in [0.15, 0.2) is 90.3 Å². The summed E-state index contributed by atoms with van der Waals surface area (Å²) in [5.41, 5.74) is 0.761. The first-order valence-electron chi connectivity index (χ1n) is 8.62. The monoisotopic (exact) mass is 424 g/mol. The fourth-order valence-corrected chi connectivity index (χ4v) is 4.33. The van der Waals surface area contributed by atoms with Crippen molar-refractivity contribution in [1.29, 1.82) is 5.26 Å². The molecule has 3 aromatic rings. The van der Waals surface area contributed by atoms with Crippen LogP contribution in [0, 0.1) is 11.3 Å². The minimum absolute atomic E-state index is 0.113. The molecule has 0 radical (unpaired) electrons. The predicted molar refractivity (Wildman–Crippen MR) is 114 cm³/mol. The summed E-state index contributed by atoms with van der Waals surface area (Å²) in [6, 6.07) is 21.7. The van der Waals surface area contributed by atoms with E-state index in [0.717, 1.165) is 0 Å². The molecule has 0 saturated carbocycles. The molecule has 0 N–H and O–H groups in total. The number of nitriles is 1. The highest BCUT2D eigenvalue weighted by Gasteiger charge is 2.24. The van der Waals surface area contributed by atoms with Crippen LogP contribution >= 0.6 is 11.6 Å². The molecule has 0 atom stereocenters. The molecular formula is C22H17ClN2O3S. The lowest BCUT2D eigenvalue weighted by atomic mass is 10.2. The Morgan fingerprint density at radius 2 is 1.72 bits per heavy atom. The zero-order valence-corrected chi connectivity index (χ0v) is 16.9. The minimum Gasteiger partial charge on any atom is -0.456 e. The van der Waals surface area contributed by atoms with Crippen molar-refractivity contribution < 1.29 is 13.2 Å². The number of hydrogen-bond donors (Lipinski definition) is 0. The number of rotatable bonds is 7. The summed E-state index contributed by atoms with van der Waals surface area (Å²) in [4.78, 5) is 0.113. The van der Waals surface area contributed by atoms with E-state index < -0.39 is 10.0 Å². The van der Waals surface area contributed by atoms with E-state index >= 15 is 0 Å². The zero-order chi connectivity index (χ0) is 20.9. The average Bonchev–Trinajstić information content (AvgIpc) is 2.73. The van der Waals surface area contributed by atoms with Crippen molar-refractivity contribution >= 4 is 27.3 Å². The lowest BCUT2D eigenvalue weighted by Crippen LogP contribution is -2.31. The third-order valence-electron chi connectivity index (χ3n) is 4.07. The summed E-state index contributed by atoms with van der Waals surface area (Å²) in [6.45, 7) is 3.79. The number of anilines is 1. The van der Waals surface area contributed by atoms with Gasteiger partial charge in [0.1, 0.15) is 23.1 Å². The van der Waals surface area contributed by atoms with Gasteiger partial charge in [0.15, 0.2) is 0 Å². The number of hydrogen-bond acceptors (Lipinski definition) is 4. The van der Waals surface area contributed by atoms with Crippen molar-refractivity contribution in [2.75, 3.05) is 10.8 Å². The lowest BCUT2D eigenvalue weighted by molar-refractivity contribution is 0.480. The van der Waals surface area contributed by atoms with E-state index in [4.69, 9.17) is 16.3 Å². The SMILES string of the molecule is C=CCN(c1ccccc1)S(=O)(=O)c1ccc(Oc2cccc(Cl)c2C#N)cc1. The highest BCUT2D eigenvalue weighted by atomic mass is 35.5. The number of sulfonamides is 1. The van der Waals surface area contributed by atoms with Crippen LogP contribution in [-0.4, -0.2) is 15.0 Å². The molecule has 0 aliphatic rings. The molecule has 0 bridgehead atoms. The summed E-state index contributed by atoms with van der Waals surface area (Å²) in [7, 11) is -3.79. The maximum Gasteiger partial charge on any atom is 0.264 e. The van der Waals surface area contributed by atoms with Gasteiger partial charge in [0.25, 0.3) is 10.0 Å². The van der Waals surface area contributed by atoms with E-state index in [1.54, 1.807) is 42.5 Å². The van der Waals surface area contributed by atoms with Crippen LogP contribution in [0.25, 0.3) is 0 Å². The molecule has 0 saturated heterocycles. The van der Waals surface area contributed by atoms with Crippen molar-refractivity contribution in [3.8, 4) is 17.6 Å². The molecule has 0 spiro atoms. The predicted octanol–water partition coefficient (Wildman–Crippen LogP) is 5.39. The van der Waals surface area contributed by atoms with Crippen LogP contribution in [0.3, 0.4) is 0 Å². The molecule has 0 fully saturated rings. The number of para-hydroxylation sites is 1. The Hall–Kier alpha value is -3.27. The highest BCUT2D eigenvalue weighted by molar-refractivity contribution is 7.92. The molecule has 0 unspecified atom stereocenters. The fraction of sp³-hybridized carbons (Fsp3) is 0.0455. The van der Waals surface area contributed by atoms with Crippen LogP contribution < -0.4 is 9.04 Å². The first kappa shape index (κ1) is 20.5. The second-order valence-electron chi connectivity index (χ2n) is 5.96. The Bertz CT molecular complexity index is 1150. The Balaban J connectivity index is 1.90. The van der Waals surface area contributed by atoms with Crippen LogP contribution in [0.1, 0.15) is 5.56 Å². The molecule has 3 rings (SSSR count). The minimum atomic E-state index is -3.79. The summed E-state index contributed by atoms with van der Waals surface area (Å²) >= 11 is 6.01. The van der Waals surface area contributed by atoms with Crippen LogP contribution in [-0.2, 0) is 10.0 Å². The topological polar surface area (TPSA) is 70.4 Å². The third-order valence-corrected chi connectivity index (χ3v) is 6.19.